The van der Waals surface area contributed by atoms with Crippen LogP contribution in [-0.4, -0.2) is 78.5 Å². The first-order valence-electron chi connectivity index (χ1n) is 11.4. The second-order valence-electron chi connectivity index (χ2n) is 9.70. The van der Waals surface area contributed by atoms with Gasteiger partial charge in [0.1, 0.15) is 12.6 Å². The lowest BCUT2D eigenvalue weighted by atomic mass is 10.0. The number of unbranched alkanes of at least 4 members (excludes halogenated alkanes) is 6. The van der Waals surface area contributed by atoms with Crippen LogP contribution in [0.25, 0.3) is 0 Å². The summed E-state index contributed by atoms with van der Waals surface area (Å²) in [5, 5.41) is 9.01. The maximum Gasteiger partial charge on any atom is 0.330 e. The Hall–Kier alpha value is -0.340. The Kier molecular flexibility index (Phi) is 19.2. The van der Waals surface area contributed by atoms with E-state index < -0.39 is 20.7 Å². The SMILES string of the molecule is CCCC(C)(C)OCCCCCCCCCOP(O)O[C@H](CC(=O)O)C[N+](C)(C)C.[OH-]. The van der Waals surface area contributed by atoms with Gasteiger partial charge in [0.25, 0.3) is 0 Å². The zero-order valence-corrected chi connectivity index (χ0v) is 21.5. The second kappa shape index (κ2) is 18.1. The number of carboxylic acids is 1. The molecule has 0 aliphatic carbocycles. The van der Waals surface area contributed by atoms with Crippen LogP contribution in [-0.2, 0) is 18.6 Å². The van der Waals surface area contributed by atoms with Crippen LogP contribution in [0.15, 0.2) is 0 Å². The largest absolute Gasteiger partial charge is 0.870 e. The molecule has 0 amide bonds. The molecule has 0 radical (unpaired) electrons. The number of carbonyl (C=O) groups is 1. The maximum absolute atomic E-state index is 11.0. The summed E-state index contributed by atoms with van der Waals surface area (Å²) in [6, 6.07) is 0. The molecule has 0 aromatic rings. The van der Waals surface area contributed by atoms with Gasteiger partial charge in [0.2, 0.25) is 0 Å². The summed E-state index contributed by atoms with van der Waals surface area (Å²) in [6.45, 7) is 8.30. The summed E-state index contributed by atoms with van der Waals surface area (Å²) in [6.07, 6.45) is 9.37. The molecule has 2 atom stereocenters. The molecule has 9 heteroatoms. The van der Waals surface area contributed by atoms with Gasteiger partial charge in [-0.3, -0.25) is 4.79 Å². The average molecular weight is 470 g/mol. The summed E-state index contributed by atoms with van der Waals surface area (Å²) in [4.78, 5) is 20.9. The zero-order chi connectivity index (χ0) is 23.0. The average Bonchev–Trinajstić information content (AvgIpc) is 2.57. The van der Waals surface area contributed by atoms with Crippen LogP contribution >= 0.6 is 8.60 Å². The summed E-state index contributed by atoms with van der Waals surface area (Å²) in [5.41, 5.74) is 0.00406. The van der Waals surface area contributed by atoms with E-state index in [1.807, 2.05) is 21.1 Å². The quantitative estimate of drug-likeness (QED) is 0.147. The van der Waals surface area contributed by atoms with Crippen LogP contribution in [0.1, 0.15) is 85.0 Å². The number of hydrogen-bond donors (Lipinski definition) is 2. The first kappa shape index (κ1) is 32.8. The summed E-state index contributed by atoms with van der Waals surface area (Å²) in [7, 11) is 3.83. The number of ether oxygens (including phenoxy) is 1. The van der Waals surface area contributed by atoms with Crippen molar-refractivity contribution in [3.05, 3.63) is 0 Å². The van der Waals surface area contributed by atoms with Crippen LogP contribution in [0.2, 0.25) is 0 Å². The van der Waals surface area contributed by atoms with Gasteiger partial charge in [-0.05, 0) is 33.1 Å². The molecule has 0 fully saturated rings. The van der Waals surface area contributed by atoms with Crippen molar-refractivity contribution in [2.24, 2.45) is 0 Å². The minimum absolute atomic E-state index is 0. The van der Waals surface area contributed by atoms with Gasteiger partial charge in [-0.1, -0.05) is 45.4 Å². The topological polar surface area (TPSA) is 115 Å². The summed E-state index contributed by atoms with van der Waals surface area (Å²) in [5.74, 6) is -0.937. The highest BCUT2D eigenvalue weighted by molar-refractivity contribution is 7.40. The normalized spacial score (nSPS) is 14.2. The fourth-order valence-corrected chi connectivity index (χ4v) is 4.09. The van der Waals surface area contributed by atoms with Crippen molar-refractivity contribution in [1.29, 1.82) is 0 Å². The minimum atomic E-state index is -2.04. The Bertz CT molecular complexity index is 444. The first-order valence-corrected chi connectivity index (χ1v) is 12.5. The van der Waals surface area contributed by atoms with Gasteiger partial charge < -0.3 is 33.7 Å². The lowest BCUT2D eigenvalue weighted by Gasteiger charge is -2.29. The van der Waals surface area contributed by atoms with Crippen LogP contribution in [0.5, 0.6) is 0 Å². The van der Waals surface area contributed by atoms with Gasteiger partial charge in [-0.2, -0.15) is 0 Å². The molecule has 0 aromatic heterocycles. The standard InChI is InChI=1S/C22H46NO6P.H2O/c1-7-15-22(2,3)27-16-13-11-9-8-10-12-14-17-28-30(26)29-20(18-21(24)25)19-23(4,5)6;/h20,26H,7-19H2,1-6H3;1H2/t20-,30?;/m1./s1. The van der Waals surface area contributed by atoms with Crippen molar-refractivity contribution in [3.63, 3.8) is 0 Å². The third-order valence-corrected chi connectivity index (χ3v) is 5.61. The molecule has 0 saturated carbocycles. The fourth-order valence-electron chi connectivity index (χ4n) is 3.35. The molecular formula is C22H48NO7P. The lowest BCUT2D eigenvalue weighted by Crippen LogP contribution is -2.42. The molecule has 8 nitrogen and oxygen atoms in total. The monoisotopic (exact) mass is 469 g/mol. The molecule has 0 aliphatic rings. The summed E-state index contributed by atoms with van der Waals surface area (Å²) >= 11 is 0. The van der Waals surface area contributed by atoms with Gasteiger partial charge in [0.15, 0.2) is 0 Å². The molecule has 0 saturated heterocycles. The van der Waals surface area contributed by atoms with E-state index in [0.717, 1.165) is 45.1 Å². The third kappa shape index (κ3) is 22.6. The van der Waals surface area contributed by atoms with Gasteiger partial charge in [-0.15, -0.1) is 0 Å². The van der Waals surface area contributed by atoms with Crippen molar-refractivity contribution in [3.8, 4) is 0 Å². The zero-order valence-electron chi connectivity index (χ0n) is 20.6. The number of likely N-dealkylation sites (N-methyl/N-ethyl adjacent to an activating group) is 1. The van der Waals surface area contributed by atoms with Gasteiger partial charge in [0.05, 0.1) is 39.8 Å². The van der Waals surface area contributed by atoms with Crippen LogP contribution in [0, 0.1) is 0 Å². The van der Waals surface area contributed by atoms with Crippen molar-refractivity contribution in [1.82, 2.24) is 0 Å². The van der Waals surface area contributed by atoms with Crippen LogP contribution in [0.3, 0.4) is 0 Å². The van der Waals surface area contributed by atoms with Gasteiger partial charge in [0, 0.05) is 6.61 Å². The highest BCUT2D eigenvalue weighted by Gasteiger charge is 2.25. The molecule has 0 aromatic carbocycles. The smallest absolute Gasteiger partial charge is 0.330 e. The number of aliphatic carboxylic acids is 1. The first-order chi connectivity index (χ1) is 13.9. The Morgan fingerprint density at radius 3 is 2.00 bits per heavy atom. The number of rotatable bonds is 20. The molecule has 0 spiro atoms. The summed E-state index contributed by atoms with van der Waals surface area (Å²) < 4.78 is 17.3. The van der Waals surface area contributed by atoms with Crippen LogP contribution < -0.4 is 0 Å². The molecule has 0 aliphatic heterocycles. The highest BCUT2D eigenvalue weighted by atomic mass is 31.2. The van der Waals surface area contributed by atoms with Crippen molar-refractivity contribution >= 4 is 14.6 Å². The highest BCUT2D eigenvalue weighted by Crippen LogP contribution is 2.36. The molecule has 0 bridgehead atoms. The fraction of sp³-hybridized carbons (Fsp3) is 0.955. The van der Waals surface area contributed by atoms with Crippen molar-refractivity contribution in [2.45, 2.75) is 96.7 Å². The Morgan fingerprint density at radius 2 is 1.52 bits per heavy atom. The van der Waals surface area contributed by atoms with E-state index in [-0.39, 0.29) is 17.5 Å². The third-order valence-electron chi connectivity index (χ3n) is 4.73. The predicted octanol–water partition coefficient (Wildman–Crippen LogP) is 4.94. The minimum Gasteiger partial charge on any atom is -0.870 e. The van der Waals surface area contributed by atoms with E-state index in [1.54, 1.807) is 0 Å². The van der Waals surface area contributed by atoms with E-state index in [4.69, 9.17) is 18.9 Å². The molecule has 0 heterocycles. The number of carboxylic acid groups (broad SMARTS) is 1. The molecule has 3 N–H and O–H groups in total. The molecule has 31 heavy (non-hydrogen) atoms. The Labute approximate surface area is 191 Å². The Balaban J connectivity index is 0. The van der Waals surface area contributed by atoms with E-state index in [2.05, 4.69) is 20.8 Å². The molecule has 188 valence electrons. The van der Waals surface area contributed by atoms with Crippen LogP contribution in [0.4, 0.5) is 0 Å². The molecule has 0 rings (SSSR count). The number of quaternary nitrogens is 1. The molecule has 1 unspecified atom stereocenters. The van der Waals surface area contributed by atoms with Gasteiger partial charge >= 0.3 is 14.6 Å². The second-order valence-corrected chi connectivity index (χ2v) is 10.6. The predicted molar refractivity (Wildman–Crippen MR) is 124 cm³/mol. The van der Waals surface area contributed by atoms with Gasteiger partial charge in [-0.25, -0.2) is 0 Å². The van der Waals surface area contributed by atoms with E-state index in [1.165, 1.54) is 19.3 Å². The Morgan fingerprint density at radius 1 is 1.00 bits per heavy atom. The van der Waals surface area contributed by atoms with E-state index >= 15 is 0 Å². The number of hydrogen-bond acceptors (Lipinski definition) is 6. The maximum atomic E-state index is 11.0. The number of nitrogens with zero attached hydrogens (tertiary/aromatic N) is 1. The molecular weight excluding hydrogens is 421 g/mol. The lowest BCUT2D eigenvalue weighted by molar-refractivity contribution is -0.873. The van der Waals surface area contributed by atoms with Crippen molar-refractivity contribution in [2.75, 3.05) is 40.9 Å². The van der Waals surface area contributed by atoms with Crippen molar-refractivity contribution < 1.29 is 38.5 Å². The van der Waals surface area contributed by atoms with E-state index in [9.17, 15) is 9.69 Å². The van der Waals surface area contributed by atoms with E-state index in [0.29, 0.717) is 17.6 Å².